The fraction of sp³-hybridized carbons (Fsp3) is 0.111. The molecule has 0 saturated carbocycles. The second-order valence-electron chi connectivity index (χ2n) is 2.72. The van der Waals surface area contributed by atoms with E-state index in [1.54, 1.807) is 24.4 Å². The highest BCUT2D eigenvalue weighted by Crippen LogP contribution is 2.23. The van der Waals surface area contributed by atoms with Crippen LogP contribution in [-0.4, -0.2) is 14.5 Å². The summed E-state index contributed by atoms with van der Waals surface area (Å²) in [6, 6.07) is 5.17. The predicted molar refractivity (Wildman–Crippen MR) is 55.4 cm³/mol. The standard InChI is InChI=1S/C9H7ClN2OS/c10-6-1-2-7(11-5-6)9(13)8-3-4-12-14-8/h1-5,9,13H. The van der Waals surface area contributed by atoms with Crippen molar-refractivity contribution in [2.45, 2.75) is 6.10 Å². The molecular formula is C9H7ClN2OS. The summed E-state index contributed by atoms with van der Waals surface area (Å²) in [5, 5.41) is 10.4. The van der Waals surface area contributed by atoms with Gasteiger partial charge in [-0.05, 0) is 29.7 Å². The molecule has 14 heavy (non-hydrogen) atoms. The van der Waals surface area contributed by atoms with E-state index in [0.717, 1.165) is 4.88 Å². The number of hydrogen-bond acceptors (Lipinski definition) is 4. The maximum absolute atomic E-state index is 9.84. The molecule has 2 rings (SSSR count). The lowest BCUT2D eigenvalue weighted by Gasteiger charge is -2.06. The largest absolute Gasteiger partial charge is 0.381 e. The Kier molecular flexibility index (Phi) is 2.77. The lowest BCUT2D eigenvalue weighted by atomic mass is 10.2. The molecule has 1 atom stereocenters. The van der Waals surface area contributed by atoms with Crippen molar-refractivity contribution in [3.05, 3.63) is 46.2 Å². The van der Waals surface area contributed by atoms with Crippen molar-refractivity contribution < 1.29 is 5.11 Å². The SMILES string of the molecule is OC(c1ccc(Cl)cn1)c1ccns1. The van der Waals surface area contributed by atoms with E-state index < -0.39 is 6.10 Å². The fourth-order valence-corrected chi connectivity index (χ4v) is 1.76. The zero-order chi connectivity index (χ0) is 9.97. The van der Waals surface area contributed by atoms with Crippen molar-refractivity contribution in [1.29, 1.82) is 0 Å². The van der Waals surface area contributed by atoms with Crippen LogP contribution in [0.25, 0.3) is 0 Å². The van der Waals surface area contributed by atoms with Crippen LogP contribution in [0.3, 0.4) is 0 Å². The Hall–Kier alpha value is -0.970. The highest BCUT2D eigenvalue weighted by atomic mass is 35.5. The monoisotopic (exact) mass is 226 g/mol. The van der Waals surface area contributed by atoms with Gasteiger partial charge in [0.1, 0.15) is 6.10 Å². The number of halogens is 1. The van der Waals surface area contributed by atoms with Gasteiger partial charge in [0.2, 0.25) is 0 Å². The van der Waals surface area contributed by atoms with Crippen molar-refractivity contribution in [2.75, 3.05) is 0 Å². The van der Waals surface area contributed by atoms with E-state index in [1.165, 1.54) is 17.7 Å². The molecule has 5 heteroatoms. The molecule has 0 spiro atoms. The molecule has 2 aromatic heterocycles. The summed E-state index contributed by atoms with van der Waals surface area (Å²) >= 11 is 6.94. The molecule has 0 radical (unpaired) electrons. The lowest BCUT2D eigenvalue weighted by Crippen LogP contribution is -1.99. The van der Waals surface area contributed by atoms with Crippen molar-refractivity contribution in [3.63, 3.8) is 0 Å². The van der Waals surface area contributed by atoms with Crippen molar-refractivity contribution in [2.24, 2.45) is 0 Å². The number of hydrogen-bond donors (Lipinski definition) is 1. The number of aliphatic hydroxyl groups is 1. The van der Waals surface area contributed by atoms with Gasteiger partial charge in [0.25, 0.3) is 0 Å². The maximum Gasteiger partial charge on any atom is 0.132 e. The molecule has 0 aliphatic carbocycles. The highest BCUT2D eigenvalue weighted by molar-refractivity contribution is 7.05. The van der Waals surface area contributed by atoms with Crippen LogP contribution in [0.4, 0.5) is 0 Å². The molecular weight excluding hydrogens is 220 g/mol. The van der Waals surface area contributed by atoms with E-state index in [-0.39, 0.29) is 0 Å². The van der Waals surface area contributed by atoms with Gasteiger partial charge in [0.05, 0.1) is 15.6 Å². The van der Waals surface area contributed by atoms with Crippen molar-refractivity contribution in [3.8, 4) is 0 Å². The number of pyridine rings is 1. The van der Waals surface area contributed by atoms with Crippen LogP contribution in [0.2, 0.25) is 5.02 Å². The molecule has 0 bridgehead atoms. The van der Waals surface area contributed by atoms with Crippen LogP contribution in [0.15, 0.2) is 30.6 Å². The first-order chi connectivity index (χ1) is 6.77. The van der Waals surface area contributed by atoms with Crippen LogP contribution < -0.4 is 0 Å². The predicted octanol–water partition coefficient (Wildman–Crippen LogP) is 2.27. The van der Waals surface area contributed by atoms with Crippen LogP contribution in [0.5, 0.6) is 0 Å². The third-order valence-corrected chi connectivity index (χ3v) is 2.78. The molecule has 72 valence electrons. The van der Waals surface area contributed by atoms with Crippen molar-refractivity contribution in [1.82, 2.24) is 9.36 Å². The third kappa shape index (κ3) is 1.92. The van der Waals surface area contributed by atoms with Crippen LogP contribution in [0.1, 0.15) is 16.7 Å². The van der Waals surface area contributed by atoms with E-state index >= 15 is 0 Å². The number of rotatable bonds is 2. The molecule has 1 N–H and O–H groups in total. The molecule has 2 heterocycles. The van der Waals surface area contributed by atoms with Gasteiger partial charge in [0, 0.05) is 12.4 Å². The fourth-order valence-electron chi connectivity index (χ4n) is 1.06. The molecule has 0 amide bonds. The Morgan fingerprint density at radius 3 is 2.79 bits per heavy atom. The minimum absolute atomic E-state index is 0.560. The molecule has 0 aliphatic heterocycles. The molecule has 0 aromatic carbocycles. The number of aliphatic hydroxyl groups excluding tert-OH is 1. The van der Waals surface area contributed by atoms with Crippen LogP contribution in [-0.2, 0) is 0 Å². The Morgan fingerprint density at radius 2 is 2.21 bits per heavy atom. The Morgan fingerprint density at radius 1 is 1.36 bits per heavy atom. The van der Waals surface area contributed by atoms with E-state index in [4.69, 9.17) is 11.6 Å². The molecule has 0 saturated heterocycles. The van der Waals surface area contributed by atoms with Crippen LogP contribution in [0, 0.1) is 0 Å². The minimum Gasteiger partial charge on any atom is -0.381 e. The van der Waals surface area contributed by atoms with Gasteiger partial charge < -0.3 is 5.11 Å². The topological polar surface area (TPSA) is 46.0 Å². The number of aromatic nitrogens is 2. The van der Waals surface area contributed by atoms with Gasteiger partial charge in [-0.15, -0.1) is 0 Å². The Bertz CT molecular complexity index is 401. The maximum atomic E-state index is 9.84. The quantitative estimate of drug-likeness (QED) is 0.855. The van der Waals surface area contributed by atoms with E-state index in [0.29, 0.717) is 10.7 Å². The zero-order valence-corrected chi connectivity index (χ0v) is 8.66. The summed E-state index contributed by atoms with van der Waals surface area (Å²) in [6.07, 6.45) is 2.46. The summed E-state index contributed by atoms with van der Waals surface area (Å²) in [5.74, 6) is 0. The first-order valence-corrected chi connectivity index (χ1v) is 5.12. The smallest absolute Gasteiger partial charge is 0.132 e. The minimum atomic E-state index is -0.709. The first kappa shape index (κ1) is 9.58. The molecule has 1 unspecified atom stereocenters. The summed E-state index contributed by atoms with van der Waals surface area (Å²) in [5.41, 5.74) is 0.582. The van der Waals surface area contributed by atoms with Gasteiger partial charge in [-0.1, -0.05) is 11.6 Å². The first-order valence-electron chi connectivity index (χ1n) is 3.97. The van der Waals surface area contributed by atoms with Gasteiger partial charge in [0.15, 0.2) is 0 Å². The molecule has 0 fully saturated rings. The second kappa shape index (κ2) is 4.04. The Balaban J connectivity index is 2.28. The lowest BCUT2D eigenvalue weighted by molar-refractivity contribution is 0.219. The normalized spacial score (nSPS) is 12.7. The van der Waals surface area contributed by atoms with Gasteiger partial charge in [-0.2, -0.15) is 0 Å². The third-order valence-electron chi connectivity index (χ3n) is 1.76. The van der Waals surface area contributed by atoms with E-state index in [2.05, 4.69) is 9.36 Å². The molecule has 3 nitrogen and oxygen atoms in total. The highest BCUT2D eigenvalue weighted by Gasteiger charge is 2.12. The summed E-state index contributed by atoms with van der Waals surface area (Å²) in [6.45, 7) is 0. The molecule has 0 aliphatic rings. The zero-order valence-electron chi connectivity index (χ0n) is 7.09. The summed E-state index contributed by atoms with van der Waals surface area (Å²) in [4.78, 5) is 4.81. The van der Waals surface area contributed by atoms with Crippen LogP contribution >= 0.6 is 23.1 Å². The second-order valence-corrected chi connectivity index (χ2v) is 4.02. The summed E-state index contributed by atoms with van der Waals surface area (Å²) < 4.78 is 3.91. The van der Waals surface area contributed by atoms with Gasteiger partial charge >= 0.3 is 0 Å². The van der Waals surface area contributed by atoms with Crippen molar-refractivity contribution >= 4 is 23.1 Å². The molecule has 2 aromatic rings. The average Bonchev–Trinajstić information content (AvgIpc) is 2.71. The Labute approximate surface area is 90.2 Å². The van der Waals surface area contributed by atoms with E-state index in [1.807, 2.05) is 0 Å². The van der Waals surface area contributed by atoms with Gasteiger partial charge in [-0.3, -0.25) is 4.98 Å². The average molecular weight is 227 g/mol. The van der Waals surface area contributed by atoms with Gasteiger partial charge in [-0.25, -0.2) is 4.37 Å². The summed E-state index contributed by atoms with van der Waals surface area (Å²) in [7, 11) is 0. The number of nitrogens with zero attached hydrogens (tertiary/aromatic N) is 2. The van der Waals surface area contributed by atoms with E-state index in [9.17, 15) is 5.11 Å².